The Bertz CT molecular complexity index is 390. The molecule has 0 aliphatic heterocycles. The largest absolute Gasteiger partial charge is 0.383 e. The summed E-state index contributed by atoms with van der Waals surface area (Å²) < 4.78 is 0. The van der Waals surface area contributed by atoms with Crippen LogP contribution in [0.15, 0.2) is 12.4 Å². The van der Waals surface area contributed by atoms with Crippen molar-refractivity contribution in [2.75, 3.05) is 0 Å². The average Bonchev–Trinajstić information content (AvgIpc) is 2.27. The second-order valence-electron chi connectivity index (χ2n) is 5.79. The third kappa shape index (κ3) is 3.42. The van der Waals surface area contributed by atoms with E-state index in [0.717, 1.165) is 19.3 Å². The van der Waals surface area contributed by atoms with Crippen molar-refractivity contribution in [3.05, 3.63) is 23.2 Å². The zero-order valence-corrected chi connectivity index (χ0v) is 12.5. The van der Waals surface area contributed by atoms with Crippen molar-refractivity contribution in [1.82, 2.24) is 9.97 Å². The first-order valence-corrected chi connectivity index (χ1v) is 6.89. The zero-order chi connectivity index (χ0) is 13.8. The van der Waals surface area contributed by atoms with E-state index < -0.39 is 5.60 Å². The summed E-state index contributed by atoms with van der Waals surface area (Å²) in [6.45, 7) is 8.19. The first kappa shape index (κ1) is 15.4. The van der Waals surface area contributed by atoms with Gasteiger partial charge in [0.1, 0.15) is 10.8 Å². The predicted octanol–water partition coefficient (Wildman–Crippen LogP) is 3.94. The Kier molecular flexibility index (Phi) is 5.11. The van der Waals surface area contributed by atoms with Crippen LogP contribution in [0.1, 0.15) is 59.1 Å². The second-order valence-corrected chi connectivity index (χ2v) is 6.18. The number of rotatable bonds is 5. The van der Waals surface area contributed by atoms with E-state index in [-0.39, 0.29) is 5.41 Å². The van der Waals surface area contributed by atoms with Crippen LogP contribution in [0.2, 0.25) is 5.15 Å². The number of hydrogen-bond donors (Lipinski definition) is 1. The number of halogens is 1. The summed E-state index contributed by atoms with van der Waals surface area (Å²) in [5.74, 6) is 0. The second kappa shape index (κ2) is 5.98. The van der Waals surface area contributed by atoms with Gasteiger partial charge in [0.15, 0.2) is 0 Å². The maximum Gasteiger partial charge on any atom is 0.147 e. The van der Waals surface area contributed by atoms with Crippen molar-refractivity contribution in [1.29, 1.82) is 0 Å². The maximum atomic E-state index is 11.0. The van der Waals surface area contributed by atoms with E-state index in [1.807, 2.05) is 20.8 Å². The van der Waals surface area contributed by atoms with E-state index in [0.29, 0.717) is 17.3 Å². The summed E-state index contributed by atoms with van der Waals surface area (Å²) >= 11 is 5.88. The van der Waals surface area contributed by atoms with Crippen LogP contribution in [-0.2, 0) is 5.60 Å². The molecule has 0 saturated carbocycles. The lowest BCUT2D eigenvalue weighted by molar-refractivity contribution is -0.0766. The molecule has 18 heavy (non-hydrogen) atoms. The van der Waals surface area contributed by atoms with Gasteiger partial charge in [-0.3, -0.25) is 4.98 Å². The van der Waals surface area contributed by atoms with Gasteiger partial charge in [0.05, 0.1) is 18.1 Å². The van der Waals surface area contributed by atoms with Gasteiger partial charge < -0.3 is 5.11 Å². The van der Waals surface area contributed by atoms with Crippen molar-refractivity contribution >= 4 is 11.6 Å². The first-order chi connectivity index (χ1) is 8.31. The Morgan fingerprint density at radius 3 is 2.39 bits per heavy atom. The van der Waals surface area contributed by atoms with E-state index >= 15 is 0 Å². The van der Waals surface area contributed by atoms with Crippen molar-refractivity contribution < 1.29 is 5.11 Å². The smallest absolute Gasteiger partial charge is 0.147 e. The molecule has 1 unspecified atom stereocenters. The lowest BCUT2D eigenvalue weighted by Crippen LogP contribution is -2.41. The third-order valence-electron chi connectivity index (χ3n) is 3.41. The molecule has 1 aromatic rings. The van der Waals surface area contributed by atoms with Gasteiger partial charge in [-0.05, 0) is 11.8 Å². The van der Waals surface area contributed by atoms with Crippen LogP contribution in [0.3, 0.4) is 0 Å². The Balaban J connectivity index is 3.04. The highest BCUT2D eigenvalue weighted by molar-refractivity contribution is 6.29. The molecule has 1 heterocycles. The van der Waals surface area contributed by atoms with Gasteiger partial charge in [0, 0.05) is 0 Å². The lowest BCUT2D eigenvalue weighted by atomic mass is 9.71. The van der Waals surface area contributed by atoms with Crippen LogP contribution in [0.5, 0.6) is 0 Å². The van der Waals surface area contributed by atoms with Crippen molar-refractivity contribution in [2.45, 2.75) is 59.0 Å². The minimum atomic E-state index is -0.986. The maximum absolute atomic E-state index is 11.0. The highest BCUT2D eigenvalue weighted by Crippen LogP contribution is 2.42. The Hall–Kier alpha value is -0.670. The Morgan fingerprint density at radius 1 is 1.22 bits per heavy atom. The van der Waals surface area contributed by atoms with E-state index in [2.05, 4.69) is 16.9 Å². The minimum Gasteiger partial charge on any atom is -0.383 e. The molecule has 0 aliphatic carbocycles. The lowest BCUT2D eigenvalue weighted by Gasteiger charge is -2.39. The molecule has 0 fully saturated rings. The number of nitrogens with zero attached hydrogens (tertiary/aromatic N) is 2. The summed E-state index contributed by atoms with van der Waals surface area (Å²) in [7, 11) is 0. The van der Waals surface area contributed by atoms with Gasteiger partial charge >= 0.3 is 0 Å². The van der Waals surface area contributed by atoms with E-state index in [1.165, 1.54) is 6.20 Å². The van der Waals surface area contributed by atoms with Gasteiger partial charge in [-0.1, -0.05) is 58.6 Å². The zero-order valence-electron chi connectivity index (χ0n) is 11.7. The summed E-state index contributed by atoms with van der Waals surface area (Å²) in [4.78, 5) is 8.28. The van der Waals surface area contributed by atoms with Gasteiger partial charge in [-0.25, -0.2) is 4.98 Å². The molecule has 102 valence electrons. The molecular formula is C14H23ClN2O. The summed E-state index contributed by atoms with van der Waals surface area (Å²) in [5, 5.41) is 11.3. The van der Waals surface area contributed by atoms with Crippen molar-refractivity contribution in [3.63, 3.8) is 0 Å². The monoisotopic (exact) mass is 270 g/mol. The van der Waals surface area contributed by atoms with Crippen molar-refractivity contribution in [2.24, 2.45) is 5.41 Å². The van der Waals surface area contributed by atoms with E-state index in [9.17, 15) is 5.11 Å². The summed E-state index contributed by atoms with van der Waals surface area (Å²) in [6, 6.07) is 0. The van der Waals surface area contributed by atoms with Crippen LogP contribution in [-0.4, -0.2) is 15.1 Å². The third-order valence-corrected chi connectivity index (χ3v) is 3.59. The summed E-state index contributed by atoms with van der Waals surface area (Å²) in [5.41, 5.74) is -0.723. The molecule has 1 rings (SSSR count). The fourth-order valence-corrected chi connectivity index (χ4v) is 2.21. The van der Waals surface area contributed by atoms with Crippen LogP contribution in [0.4, 0.5) is 0 Å². The topological polar surface area (TPSA) is 46.0 Å². The van der Waals surface area contributed by atoms with Crippen LogP contribution in [0, 0.1) is 5.41 Å². The Labute approximate surface area is 115 Å². The predicted molar refractivity (Wildman–Crippen MR) is 74.5 cm³/mol. The van der Waals surface area contributed by atoms with Gasteiger partial charge in [0.25, 0.3) is 0 Å². The van der Waals surface area contributed by atoms with E-state index in [4.69, 9.17) is 11.6 Å². The molecule has 0 amide bonds. The number of aliphatic hydroxyl groups is 1. The van der Waals surface area contributed by atoms with Crippen molar-refractivity contribution in [3.8, 4) is 0 Å². The normalized spacial score (nSPS) is 15.4. The van der Waals surface area contributed by atoms with Gasteiger partial charge in [-0.2, -0.15) is 0 Å². The minimum absolute atomic E-state index is 0.305. The molecule has 4 heteroatoms. The molecule has 0 radical (unpaired) electrons. The molecular weight excluding hydrogens is 248 g/mol. The quantitative estimate of drug-likeness (QED) is 0.824. The standard InChI is InChI=1S/C14H23ClN2O/c1-5-6-7-8-14(18,13(2,3)4)11-9-16-10-12(15)17-11/h9-10,18H,5-8H2,1-4H3. The van der Waals surface area contributed by atoms with Crippen LogP contribution >= 0.6 is 11.6 Å². The molecule has 0 bridgehead atoms. The number of aromatic nitrogens is 2. The number of unbranched alkanes of at least 4 members (excludes halogenated alkanes) is 2. The summed E-state index contributed by atoms with van der Waals surface area (Å²) in [6.07, 6.45) is 6.98. The number of hydrogen-bond acceptors (Lipinski definition) is 3. The molecule has 0 aliphatic rings. The van der Waals surface area contributed by atoms with Gasteiger partial charge in [0.2, 0.25) is 0 Å². The highest BCUT2D eigenvalue weighted by Gasteiger charge is 2.42. The average molecular weight is 271 g/mol. The molecule has 1 N–H and O–H groups in total. The fraction of sp³-hybridized carbons (Fsp3) is 0.714. The SMILES string of the molecule is CCCCCC(O)(c1cncc(Cl)n1)C(C)(C)C. The molecule has 3 nitrogen and oxygen atoms in total. The van der Waals surface area contributed by atoms with Crippen LogP contribution in [0.25, 0.3) is 0 Å². The highest BCUT2D eigenvalue weighted by atomic mass is 35.5. The van der Waals surface area contributed by atoms with E-state index in [1.54, 1.807) is 6.20 Å². The molecule has 0 saturated heterocycles. The molecule has 0 aromatic carbocycles. The molecule has 0 spiro atoms. The fourth-order valence-electron chi connectivity index (χ4n) is 2.06. The molecule has 1 aromatic heterocycles. The first-order valence-electron chi connectivity index (χ1n) is 6.51. The molecule has 1 atom stereocenters. The van der Waals surface area contributed by atoms with Crippen LogP contribution < -0.4 is 0 Å². The van der Waals surface area contributed by atoms with Gasteiger partial charge in [-0.15, -0.1) is 0 Å². The Morgan fingerprint density at radius 2 is 1.89 bits per heavy atom.